The Morgan fingerprint density at radius 2 is 1.90 bits per heavy atom. The first-order valence-electron chi connectivity index (χ1n) is 12.4. The molecule has 12 heteroatoms. The molecular weight excluding hydrogens is 525 g/mol. The van der Waals surface area contributed by atoms with Gasteiger partial charge in [-0.05, 0) is 43.7 Å². The van der Waals surface area contributed by atoms with E-state index in [1.54, 1.807) is 29.1 Å². The van der Waals surface area contributed by atoms with Crippen molar-refractivity contribution in [2.75, 3.05) is 11.9 Å². The number of para-hydroxylation sites is 1. The van der Waals surface area contributed by atoms with Crippen LogP contribution in [0.4, 0.5) is 10.2 Å². The molecule has 2 aromatic carbocycles. The Labute approximate surface area is 229 Å². The highest BCUT2D eigenvalue weighted by Gasteiger charge is 2.56. The number of benzene rings is 2. The SMILES string of the molecule is CC1(C)O[C@@H]2[C@H](O1)[C@@H](COC(=S)Oc1ccccc1)O[C@H]2n1cnc2c(NCc3cccc(F)c3)ncnc21. The van der Waals surface area contributed by atoms with Crippen molar-refractivity contribution >= 4 is 34.4 Å². The van der Waals surface area contributed by atoms with Crippen LogP contribution in [-0.2, 0) is 25.5 Å². The van der Waals surface area contributed by atoms with Gasteiger partial charge in [-0.2, -0.15) is 0 Å². The Balaban J connectivity index is 1.19. The van der Waals surface area contributed by atoms with E-state index in [0.717, 1.165) is 5.56 Å². The monoisotopic (exact) mass is 551 g/mol. The number of ether oxygens (including phenoxy) is 5. The fourth-order valence-corrected chi connectivity index (χ4v) is 4.95. The molecule has 2 aliphatic heterocycles. The van der Waals surface area contributed by atoms with Gasteiger partial charge in [0.2, 0.25) is 0 Å². The minimum Gasteiger partial charge on any atom is -0.454 e. The highest BCUT2D eigenvalue weighted by Crippen LogP contribution is 2.44. The van der Waals surface area contributed by atoms with Crippen LogP contribution in [0.25, 0.3) is 11.2 Å². The van der Waals surface area contributed by atoms with Crippen molar-refractivity contribution in [2.45, 2.75) is 50.7 Å². The summed E-state index contributed by atoms with van der Waals surface area (Å²) in [5.74, 6) is -0.0185. The molecular formula is C27H26FN5O5S. The number of anilines is 1. The molecule has 39 heavy (non-hydrogen) atoms. The number of aromatic nitrogens is 4. The first-order chi connectivity index (χ1) is 18.9. The lowest BCUT2D eigenvalue weighted by atomic mass is 10.1. The summed E-state index contributed by atoms with van der Waals surface area (Å²) in [6.45, 7) is 4.18. The predicted molar refractivity (Wildman–Crippen MR) is 142 cm³/mol. The van der Waals surface area contributed by atoms with Crippen molar-refractivity contribution in [1.82, 2.24) is 19.5 Å². The quantitative estimate of drug-likeness (QED) is 0.333. The molecule has 2 fully saturated rings. The number of hydrogen-bond donors (Lipinski definition) is 1. The van der Waals surface area contributed by atoms with Gasteiger partial charge in [0.1, 0.15) is 42.8 Å². The van der Waals surface area contributed by atoms with Gasteiger partial charge in [-0.15, -0.1) is 0 Å². The molecule has 2 aliphatic rings. The van der Waals surface area contributed by atoms with E-state index in [1.165, 1.54) is 18.5 Å². The molecule has 0 radical (unpaired) electrons. The summed E-state index contributed by atoms with van der Waals surface area (Å²) in [5.41, 5.74) is 1.87. The molecule has 4 heterocycles. The highest BCUT2D eigenvalue weighted by atomic mass is 32.1. The average Bonchev–Trinajstić information content (AvgIpc) is 3.58. The van der Waals surface area contributed by atoms with Gasteiger partial charge < -0.3 is 29.0 Å². The zero-order valence-corrected chi connectivity index (χ0v) is 22.0. The second kappa shape index (κ2) is 10.5. The summed E-state index contributed by atoms with van der Waals surface area (Å²) in [6.07, 6.45) is 1.11. The van der Waals surface area contributed by atoms with Gasteiger partial charge >= 0.3 is 5.24 Å². The zero-order chi connectivity index (χ0) is 27.0. The Kier molecular flexibility index (Phi) is 6.85. The molecule has 0 saturated carbocycles. The van der Waals surface area contributed by atoms with Gasteiger partial charge in [0.25, 0.3) is 0 Å². The number of nitrogens with zero attached hydrogens (tertiary/aromatic N) is 4. The van der Waals surface area contributed by atoms with Crippen molar-refractivity contribution in [3.63, 3.8) is 0 Å². The third kappa shape index (κ3) is 5.41. The second-order valence-corrected chi connectivity index (χ2v) is 9.97. The zero-order valence-electron chi connectivity index (χ0n) is 21.2. The number of nitrogens with one attached hydrogen (secondary N) is 1. The fourth-order valence-electron chi connectivity index (χ4n) is 4.78. The number of imidazole rings is 1. The van der Waals surface area contributed by atoms with Gasteiger partial charge in [0.15, 0.2) is 29.0 Å². The summed E-state index contributed by atoms with van der Waals surface area (Å²) in [6, 6.07) is 15.5. The number of hydrogen-bond acceptors (Lipinski definition) is 10. The van der Waals surface area contributed by atoms with E-state index in [0.29, 0.717) is 29.3 Å². The molecule has 202 valence electrons. The predicted octanol–water partition coefficient (Wildman–Crippen LogP) is 4.38. The van der Waals surface area contributed by atoms with Crippen molar-refractivity contribution < 1.29 is 28.1 Å². The van der Waals surface area contributed by atoms with Gasteiger partial charge in [0, 0.05) is 18.8 Å². The van der Waals surface area contributed by atoms with Crippen LogP contribution in [0, 0.1) is 5.82 Å². The fraction of sp³-hybridized carbons (Fsp3) is 0.333. The minimum absolute atomic E-state index is 0.0159. The summed E-state index contributed by atoms with van der Waals surface area (Å²) in [5, 5.41) is 3.20. The Bertz CT molecular complexity index is 1490. The Hall–Kier alpha value is -3.71. The first kappa shape index (κ1) is 25.6. The summed E-state index contributed by atoms with van der Waals surface area (Å²) in [7, 11) is 0. The van der Waals surface area contributed by atoms with Crippen molar-refractivity contribution in [3.05, 3.63) is 78.6 Å². The van der Waals surface area contributed by atoms with Crippen LogP contribution in [0.1, 0.15) is 25.6 Å². The summed E-state index contributed by atoms with van der Waals surface area (Å²) < 4.78 is 45.5. The molecule has 0 spiro atoms. The Morgan fingerprint density at radius 3 is 2.72 bits per heavy atom. The van der Waals surface area contributed by atoms with Crippen LogP contribution in [-0.4, -0.2) is 55.5 Å². The van der Waals surface area contributed by atoms with Crippen molar-refractivity contribution in [2.24, 2.45) is 0 Å². The maximum absolute atomic E-state index is 13.6. The van der Waals surface area contributed by atoms with Crippen LogP contribution in [0.2, 0.25) is 0 Å². The molecule has 0 aliphatic carbocycles. The van der Waals surface area contributed by atoms with Gasteiger partial charge in [0.05, 0.1) is 6.33 Å². The summed E-state index contributed by atoms with van der Waals surface area (Å²) in [4.78, 5) is 13.3. The van der Waals surface area contributed by atoms with Crippen LogP contribution >= 0.6 is 12.2 Å². The normalized spacial score (nSPS) is 23.5. The molecule has 10 nitrogen and oxygen atoms in total. The molecule has 2 saturated heterocycles. The molecule has 0 bridgehead atoms. The molecule has 0 unspecified atom stereocenters. The lowest BCUT2D eigenvalue weighted by Crippen LogP contribution is -2.34. The standard InChI is InChI=1S/C27H26FN5O5S/c1-27(2)37-21-19(13-34-26(39)35-18-9-4-3-5-10-18)36-25(22(21)38-27)33-15-32-20-23(30-14-31-24(20)33)29-12-16-7-6-8-17(28)11-16/h3-11,14-15,19,21-22,25H,12-13H2,1-2H3,(H,29,30,31)/t19-,21-,22-,25-/m1/s1. The van der Waals surface area contributed by atoms with Crippen molar-refractivity contribution in [1.29, 1.82) is 0 Å². The molecule has 0 amide bonds. The summed E-state index contributed by atoms with van der Waals surface area (Å²) >= 11 is 5.26. The maximum Gasteiger partial charge on any atom is 0.357 e. The molecule has 6 rings (SSSR count). The van der Waals surface area contributed by atoms with Crippen LogP contribution < -0.4 is 10.1 Å². The number of halogens is 1. The van der Waals surface area contributed by atoms with Gasteiger partial charge in [-0.3, -0.25) is 4.57 Å². The van der Waals surface area contributed by atoms with Crippen LogP contribution in [0.5, 0.6) is 5.75 Å². The van der Waals surface area contributed by atoms with E-state index in [-0.39, 0.29) is 17.7 Å². The first-order valence-corrected chi connectivity index (χ1v) is 12.8. The topological polar surface area (TPSA) is 102 Å². The van der Waals surface area contributed by atoms with E-state index in [1.807, 2.05) is 38.1 Å². The lowest BCUT2D eigenvalue weighted by molar-refractivity contribution is -0.199. The van der Waals surface area contributed by atoms with E-state index < -0.39 is 30.3 Å². The third-order valence-electron chi connectivity index (χ3n) is 6.42. The molecule has 1 N–H and O–H groups in total. The molecule has 4 atom stereocenters. The number of fused-ring (bicyclic) bond motifs is 2. The van der Waals surface area contributed by atoms with Gasteiger partial charge in [-0.25, -0.2) is 19.3 Å². The third-order valence-corrected chi connectivity index (χ3v) is 6.62. The molecule has 4 aromatic rings. The van der Waals surface area contributed by atoms with Gasteiger partial charge in [-0.1, -0.05) is 30.3 Å². The smallest absolute Gasteiger partial charge is 0.357 e. The van der Waals surface area contributed by atoms with Crippen LogP contribution in [0.3, 0.4) is 0 Å². The number of thiocarbonyl (C=S) groups is 1. The maximum atomic E-state index is 13.6. The van der Waals surface area contributed by atoms with E-state index in [2.05, 4.69) is 20.3 Å². The average molecular weight is 552 g/mol. The largest absolute Gasteiger partial charge is 0.454 e. The second-order valence-electron chi connectivity index (χ2n) is 9.64. The highest BCUT2D eigenvalue weighted by molar-refractivity contribution is 7.79. The van der Waals surface area contributed by atoms with Crippen molar-refractivity contribution in [3.8, 4) is 5.75 Å². The Morgan fingerprint density at radius 1 is 1.08 bits per heavy atom. The van der Waals surface area contributed by atoms with E-state index >= 15 is 0 Å². The van der Waals surface area contributed by atoms with E-state index in [4.69, 9.17) is 35.9 Å². The van der Waals surface area contributed by atoms with E-state index in [9.17, 15) is 4.39 Å². The lowest BCUT2D eigenvalue weighted by Gasteiger charge is -2.24. The number of rotatable bonds is 7. The molecule has 2 aromatic heterocycles. The minimum atomic E-state index is -0.820. The van der Waals surface area contributed by atoms with Crippen LogP contribution in [0.15, 0.2) is 67.3 Å².